The maximum atomic E-state index is 12.0. The van der Waals surface area contributed by atoms with Gasteiger partial charge in [0.25, 0.3) is 7.52 Å². The average Bonchev–Trinajstić information content (AvgIpc) is 2.40. The van der Waals surface area contributed by atoms with E-state index in [0.29, 0.717) is 6.61 Å². The third-order valence-electron chi connectivity index (χ3n) is 2.74. The van der Waals surface area contributed by atoms with Gasteiger partial charge in [0.1, 0.15) is 0 Å². The summed E-state index contributed by atoms with van der Waals surface area (Å²) < 4.78 is 24.8. The summed E-state index contributed by atoms with van der Waals surface area (Å²) in [5.41, 5.74) is 0. The second kappa shape index (κ2) is 11.7. The first kappa shape index (κ1) is 22.4. The van der Waals surface area contributed by atoms with Crippen molar-refractivity contribution in [1.82, 2.24) is 9.57 Å². The molecule has 3 atom stereocenters. The summed E-state index contributed by atoms with van der Waals surface area (Å²) in [6, 6.07) is 0. The van der Waals surface area contributed by atoms with E-state index in [2.05, 4.69) is 11.9 Å². The molecule has 1 fully saturated rings. The summed E-state index contributed by atoms with van der Waals surface area (Å²) in [6.45, 7) is 13.8. The largest absolute Gasteiger partial charge is 0.370 e. The van der Waals surface area contributed by atoms with Crippen molar-refractivity contribution in [3.8, 4) is 0 Å². The van der Waals surface area contributed by atoms with Gasteiger partial charge >= 0.3 is 0 Å². The van der Waals surface area contributed by atoms with Crippen LogP contribution in [0.2, 0.25) is 0 Å². The lowest BCUT2D eigenvalue weighted by Gasteiger charge is -2.35. The first-order valence-electron chi connectivity index (χ1n) is 7.55. The van der Waals surface area contributed by atoms with Crippen molar-refractivity contribution < 1.29 is 13.8 Å². The Hall–Kier alpha value is 0.0700. The highest BCUT2D eigenvalue weighted by Gasteiger charge is 2.26. The van der Waals surface area contributed by atoms with E-state index < -0.39 is 7.52 Å². The van der Waals surface area contributed by atoms with Crippen LogP contribution in [0.1, 0.15) is 34.6 Å². The van der Waals surface area contributed by atoms with E-state index in [1.54, 1.807) is 25.4 Å². The van der Waals surface area contributed by atoms with Gasteiger partial charge in [-0.15, -0.1) is 0 Å². The minimum Gasteiger partial charge on any atom is -0.370 e. The zero-order chi connectivity index (χ0) is 16.3. The molecule has 0 aromatic rings. The smallest absolute Gasteiger partial charge is 0.268 e. The molecule has 0 aromatic heterocycles. The molecule has 0 aromatic carbocycles. The Balaban J connectivity index is 0. The second-order valence-electron chi connectivity index (χ2n) is 4.74. The quantitative estimate of drug-likeness (QED) is 0.746. The molecule has 6 heteroatoms. The molecule has 1 saturated heterocycles. The summed E-state index contributed by atoms with van der Waals surface area (Å²) in [4.78, 5) is 2.21. The standard InChI is InChI=1S/C10H23N2O3P.2C2H6/c1-9-6-12(4)7-10(15-9)8-14-16(5,13)11(2)3;2*1-2/h9-10H,6-8H2,1-5H3;2*1-2H3/t9?,10-,16?;;/m0../s1. The maximum Gasteiger partial charge on any atom is 0.268 e. The molecule has 1 heterocycles. The number of morpholine rings is 1. The van der Waals surface area contributed by atoms with Gasteiger partial charge < -0.3 is 14.2 Å². The van der Waals surface area contributed by atoms with Crippen LogP contribution in [0.4, 0.5) is 0 Å². The first-order chi connectivity index (χ1) is 9.31. The van der Waals surface area contributed by atoms with Crippen molar-refractivity contribution in [3.63, 3.8) is 0 Å². The number of likely N-dealkylation sites (N-methyl/N-ethyl adjacent to an activating group) is 1. The molecule has 0 spiro atoms. The van der Waals surface area contributed by atoms with Crippen molar-refractivity contribution in [2.24, 2.45) is 0 Å². The molecular formula is C14H35N2O3P. The van der Waals surface area contributed by atoms with Crippen molar-refractivity contribution in [1.29, 1.82) is 0 Å². The molecule has 5 nitrogen and oxygen atoms in total. The summed E-state index contributed by atoms with van der Waals surface area (Å²) in [5, 5.41) is 0. The third-order valence-corrected chi connectivity index (χ3v) is 4.82. The van der Waals surface area contributed by atoms with Gasteiger partial charge in [-0.3, -0.25) is 4.57 Å². The van der Waals surface area contributed by atoms with Crippen LogP contribution >= 0.6 is 7.52 Å². The van der Waals surface area contributed by atoms with E-state index in [9.17, 15) is 4.57 Å². The number of hydrogen-bond donors (Lipinski definition) is 0. The Morgan fingerprint density at radius 1 is 1.25 bits per heavy atom. The summed E-state index contributed by atoms with van der Waals surface area (Å²) in [5.74, 6) is 0. The molecule has 0 radical (unpaired) electrons. The number of ether oxygens (including phenoxy) is 1. The Kier molecular flexibility index (Phi) is 13.1. The fourth-order valence-corrected chi connectivity index (χ4v) is 2.38. The maximum absolute atomic E-state index is 12.0. The molecule has 1 rings (SSSR count). The van der Waals surface area contributed by atoms with Crippen molar-refractivity contribution in [2.75, 3.05) is 47.5 Å². The average molecular weight is 310 g/mol. The van der Waals surface area contributed by atoms with Gasteiger partial charge in [0.15, 0.2) is 0 Å². The Bertz CT molecular complexity index is 265. The monoisotopic (exact) mass is 310 g/mol. The van der Waals surface area contributed by atoms with Crippen LogP contribution in [0, 0.1) is 0 Å². The number of nitrogens with zero attached hydrogens (tertiary/aromatic N) is 2. The molecule has 1 aliphatic rings. The predicted molar refractivity (Wildman–Crippen MR) is 87.7 cm³/mol. The summed E-state index contributed by atoms with van der Waals surface area (Å²) in [7, 11) is 2.95. The fraction of sp³-hybridized carbons (Fsp3) is 1.00. The van der Waals surface area contributed by atoms with Crippen molar-refractivity contribution in [2.45, 2.75) is 46.8 Å². The van der Waals surface area contributed by atoms with Crippen LogP contribution in [-0.4, -0.2) is 69.3 Å². The van der Waals surface area contributed by atoms with Crippen LogP contribution in [0.15, 0.2) is 0 Å². The van der Waals surface area contributed by atoms with Crippen LogP contribution in [0.5, 0.6) is 0 Å². The molecular weight excluding hydrogens is 275 g/mol. The van der Waals surface area contributed by atoms with Gasteiger partial charge in [0.2, 0.25) is 0 Å². The van der Waals surface area contributed by atoms with Gasteiger partial charge in [-0.1, -0.05) is 27.7 Å². The second-order valence-corrected chi connectivity index (χ2v) is 7.40. The molecule has 0 saturated carbocycles. The Morgan fingerprint density at radius 2 is 1.75 bits per heavy atom. The molecule has 2 unspecified atom stereocenters. The highest BCUT2D eigenvalue weighted by atomic mass is 31.2. The topological polar surface area (TPSA) is 42.0 Å². The van der Waals surface area contributed by atoms with Gasteiger partial charge in [-0.2, -0.15) is 0 Å². The zero-order valence-corrected chi connectivity index (χ0v) is 15.7. The Morgan fingerprint density at radius 3 is 2.15 bits per heavy atom. The van der Waals surface area contributed by atoms with Crippen LogP contribution in [0.25, 0.3) is 0 Å². The van der Waals surface area contributed by atoms with Gasteiger partial charge in [-0.05, 0) is 28.1 Å². The lowest BCUT2D eigenvalue weighted by atomic mass is 10.2. The zero-order valence-electron chi connectivity index (χ0n) is 14.8. The lowest BCUT2D eigenvalue weighted by molar-refractivity contribution is -0.0851. The SMILES string of the molecule is CC.CC.CC1CN(C)C[C@@H](COP(C)(=O)N(C)C)O1. The number of rotatable bonds is 4. The first-order valence-corrected chi connectivity index (χ1v) is 9.57. The third kappa shape index (κ3) is 9.09. The molecule has 0 bridgehead atoms. The van der Waals surface area contributed by atoms with Crippen molar-refractivity contribution >= 4 is 7.52 Å². The van der Waals surface area contributed by atoms with E-state index in [-0.39, 0.29) is 12.2 Å². The molecule has 0 N–H and O–H groups in total. The van der Waals surface area contributed by atoms with E-state index in [0.717, 1.165) is 13.1 Å². The minimum atomic E-state index is -2.64. The Labute approximate surface area is 126 Å². The molecule has 0 amide bonds. The molecule has 20 heavy (non-hydrogen) atoms. The highest BCUT2D eigenvalue weighted by Crippen LogP contribution is 2.44. The van der Waals surface area contributed by atoms with Gasteiger partial charge in [-0.25, -0.2) is 4.67 Å². The van der Waals surface area contributed by atoms with Gasteiger partial charge in [0.05, 0.1) is 18.8 Å². The lowest BCUT2D eigenvalue weighted by Crippen LogP contribution is -2.46. The van der Waals surface area contributed by atoms with Crippen LogP contribution in [0.3, 0.4) is 0 Å². The minimum absolute atomic E-state index is 0.0157. The van der Waals surface area contributed by atoms with E-state index in [1.807, 2.05) is 34.6 Å². The molecule has 0 aliphatic carbocycles. The molecule has 1 aliphatic heterocycles. The van der Waals surface area contributed by atoms with E-state index in [1.165, 1.54) is 0 Å². The number of hydrogen-bond acceptors (Lipinski definition) is 4. The summed E-state index contributed by atoms with van der Waals surface area (Å²) in [6.07, 6.45) is 0.227. The van der Waals surface area contributed by atoms with Gasteiger partial charge in [0, 0.05) is 19.8 Å². The van der Waals surface area contributed by atoms with E-state index in [4.69, 9.17) is 9.26 Å². The highest BCUT2D eigenvalue weighted by molar-refractivity contribution is 7.55. The van der Waals surface area contributed by atoms with Crippen LogP contribution < -0.4 is 0 Å². The predicted octanol–water partition coefficient (Wildman–Crippen LogP) is 3.16. The normalized spacial score (nSPS) is 25.9. The fourth-order valence-electron chi connectivity index (χ4n) is 1.70. The van der Waals surface area contributed by atoms with Crippen LogP contribution in [-0.2, 0) is 13.8 Å². The van der Waals surface area contributed by atoms with Crippen molar-refractivity contribution in [3.05, 3.63) is 0 Å². The molecule has 124 valence electrons. The van der Waals surface area contributed by atoms with E-state index >= 15 is 0 Å². The summed E-state index contributed by atoms with van der Waals surface area (Å²) >= 11 is 0.